The van der Waals surface area contributed by atoms with E-state index in [1.807, 2.05) is 19.1 Å². The molecule has 2 rings (SSSR count). The summed E-state index contributed by atoms with van der Waals surface area (Å²) in [6.45, 7) is 10.3. The normalized spacial score (nSPS) is 11.1. The smallest absolute Gasteiger partial charge is 0.0491 e. The lowest BCUT2D eigenvalue weighted by Crippen LogP contribution is -1.99. The first-order chi connectivity index (χ1) is 8.70. The number of rotatable bonds is 3. The molecule has 1 heterocycles. The average Bonchev–Trinajstić information content (AvgIpc) is 2.64. The Bertz CT molecular complexity index is 586. The highest BCUT2D eigenvalue weighted by Gasteiger charge is 2.14. The summed E-state index contributed by atoms with van der Waals surface area (Å²) in [7, 11) is 0. The lowest BCUT2D eigenvalue weighted by atomic mass is 10.1. The van der Waals surface area contributed by atoms with Crippen molar-refractivity contribution in [3.05, 3.63) is 65.5 Å². The molecule has 0 aliphatic heterocycles. The van der Waals surface area contributed by atoms with Gasteiger partial charge >= 0.3 is 0 Å². The van der Waals surface area contributed by atoms with E-state index in [9.17, 15) is 0 Å². The van der Waals surface area contributed by atoms with E-state index in [-0.39, 0.29) is 0 Å². The van der Waals surface area contributed by atoms with Gasteiger partial charge in [-0.3, -0.25) is 0 Å². The van der Waals surface area contributed by atoms with Gasteiger partial charge < -0.3 is 4.57 Å². The van der Waals surface area contributed by atoms with Crippen molar-refractivity contribution >= 4 is 12.2 Å². The van der Waals surface area contributed by atoms with Crippen molar-refractivity contribution in [2.75, 3.05) is 0 Å². The van der Waals surface area contributed by atoms with E-state index in [1.54, 1.807) is 0 Å². The number of hydrogen-bond donors (Lipinski definition) is 0. The highest BCUT2D eigenvalue weighted by atomic mass is 15.0. The molecule has 1 heteroatoms. The Kier molecular flexibility index (Phi) is 3.52. The second-order valence-corrected chi connectivity index (χ2v) is 4.40. The standard InChI is InChI=1S/C17H19N/c1-5-10-17-14(4)13(3)16(6-2)18(17)15-11-8-7-9-12-15/h5-12H,2H2,1,3-4H3/b10-5-. The molecule has 92 valence electrons. The maximum atomic E-state index is 3.95. The molecule has 2 aromatic rings. The van der Waals surface area contributed by atoms with Crippen molar-refractivity contribution in [2.24, 2.45) is 0 Å². The number of allylic oxidation sites excluding steroid dienone is 1. The molecule has 0 aliphatic rings. The van der Waals surface area contributed by atoms with Crippen molar-refractivity contribution < 1.29 is 0 Å². The molecule has 0 fully saturated rings. The molecule has 0 atom stereocenters. The Morgan fingerprint density at radius 1 is 1.00 bits per heavy atom. The van der Waals surface area contributed by atoms with Crippen LogP contribution in [0.5, 0.6) is 0 Å². The van der Waals surface area contributed by atoms with Crippen LogP contribution in [-0.4, -0.2) is 4.57 Å². The predicted octanol–water partition coefficient (Wildman–Crippen LogP) is 4.77. The van der Waals surface area contributed by atoms with E-state index < -0.39 is 0 Å². The van der Waals surface area contributed by atoms with E-state index in [1.165, 1.54) is 28.2 Å². The third kappa shape index (κ3) is 1.92. The molecule has 0 saturated heterocycles. The van der Waals surface area contributed by atoms with Crippen LogP contribution in [0, 0.1) is 13.8 Å². The lowest BCUT2D eigenvalue weighted by Gasteiger charge is -2.10. The van der Waals surface area contributed by atoms with E-state index >= 15 is 0 Å². The number of benzene rings is 1. The number of para-hydroxylation sites is 1. The first kappa shape index (κ1) is 12.4. The van der Waals surface area contributed by atoms with Crippen LogP contribution in [-0.2, 0) is 0 Å². The summed E-state index contributed by atoms with van der Waals surface area (Å²) in [5.74, 6) is 0. The van der Waals surface area contributed by atoms with Gasteiger partial charge in [-0.1, -0.05) is 30.9 Å². The largest absolute Gasteiger partial charge is 0.310 e. The van der Waals surface area contributed by atoms with Crippen LogP contribution < -0.4 is 0 Å². The average molecular weight is 237 g/mol. The molecule has 1 nitrogen and oxygen atoms in total. The van der Waals surface area contributed by atoms with Gasteiger partial charge in [0.2, 0.25) is 0 Å². The van der Waals surface area contributed by atoms with Crippen LogP contribution in [0.2, 0.25) is 0 Å². The second kappa shape index (κ2) is 5.09. The molecular weight excluding hydrogens is 218 g/mol. The van der Waals surface area contributed by atoms with E-state index in [0.717, 1.165) is 0 Å². The molecule has 18 heavy (non-hydrogen) atoms. The summed E-state index contributed by atoms with van der Waals surface area (Å²) in [4.78, 5) is 0. The molecule has 0 spiro atoms. The number of hydrogen-bond acceptors (Lipinski definition) is 0. The minimum atomic E-state index is 1.17. The van der Waals surface area contributed by atoms with Crippen molar-refractivity contribution in [2.45, 2.75) is 20.8 Å². The quantitative estimate of drug-likeness (QED) is 0.724. The summed E-state index contributed by atoms with van der Waals surface area (Å²) in [5.41, 5.74) is 6.19. The molecule has 0 unspecified atom stereocenters. The first-order valence-electron chi connectivity index (χ1n) is 6.23. The summed E-state index contributed by atoms with van der Waals surface area (Å²) in [5, 5.41) is 0. The van der Waals surface area contributed by atoms with E-state index in [2.05, 4.69) is 61.4 Å². The molecule has 1 aromatic carbocycles. The Hall–Kier alpha value is -2.02. The predicted molar refractivity (Wildman–Crippen MR) is 80.0 cm³/mol. The highest BCUT2D eigenvalue weighted by molar-refractivity contribution is 5.65. The molecule has 0 amide bonds. The SMILES string of the molecule is C=Cc1c(C)c(C)c(/C=C\C)n1-c1ccccc1. The fraction of sp³-hybridized carbons (Fsp3) is 0.176. The third-order valence-corrected chi connectivity index (χ3v) is 3.35. The van der Waals surface area contributed by atoms with Gasteiger partial charge in [-0.05, 0) is 56.2 Å². The zero-order valence-corrected chi connectivity index (χ0v) is 11.3. The number of aromatic nitrogens is 1. The monoisotopic (exact) mass is 237 g/mol. The first-order valence-corrected chi connectivity index (χ1v) is 6.23. The van der Waals surface area contributed by atoms with Crippen LogP contribution in [0.4, 0.5) is 0 Å². The summed E-state index contributed by atoms with van der Waals surface area (Å²) < 4.78 is 2.26. The molecule has 0 aliphatic carbocycles. The van der Waals surface area contributed by atoms with E-state index in [4.69, 9.17) is 0 Å². The van der Waals surface area contributed by atoms with Crippen molar-refractivity contribution in [1.82, 2.24) is 4.57 Å². The van der Waals surface area contributed by atoms with E-state index in [0.29, 0.717) is 0 Å². The lowest BCUT2D eigenvalue weighted by molar-refractivity contribution is 1.04. The Morgan fingerprint density at radius 3 is 2.17 bits per heavy atom. The second-order valence-electron chi connectivity index (χ2n) is 4.40. The minimum absolute atomic E-state index is 1.17. The van der Waals surface area contributed by atoms with Gasteiger partial charge in [-0.2, -0.15) is 0 Å². The zero-order chi connectivity index (χ0) is 13.1. The fourth-order valence-electron chi connectivity index (χ4n) is 2.31. The fourth-order valence-corrected chi connectivity index (χ4v) is 2.31. The maximum Gasteiger partial charge on any atom is 0.0491 e. The molecular formula is C17H19N. The van der Waals surface area contributed by atoms with Crippen LogP contribution in [0.1, 0.15) is 29.4 Å². The molecule has 0 N–H and O–H groups in total. The topological polar surface area (TPSA) is 4.93 Å². The van der Waals surface area contributed by atoms with Crippen molar-refractivity contribution in [3.8, 4) is 5.69 Å². The number of nitrogens with zero attached hydrogens (tertiary/aromatic N) is 1. The highest BCUT2D eigenvalue weighted by Crippen LogP contribution is 2.27. The van der Waals surface area contributed by atoms with Gasteiger partial charge in [0.05, 0.1) is 0 Å². The zero-order valence-electron chi connectivity index (χ0n) is 11.3. The molecule has 0 bridgehead atoms. The van der Waals surface area contributed by atoms with Gasteiger partial charge in [-0.15, -0.1) is 0 Å². The van der Waals surface area contributed by atoms with Gasteiger partial charge in [0.1, 0.15) is 0 Å². The summed E-state index contributed by atoms with van der Waals surface area (Å²) >= 11 is 0. The van der Waals surface area contributed by atoms with Gasteiger partial charge in [0, 0.05) is 17.1 Å². The Morgan fingerprint density at radius 2 is 1.61 bits per heavy atom. The molecule has 0 radical (unpaired) electrons. The molecule has 1 aromatic heterocycles. The summed E-state index contributed by atoms with van der Waals surface area (Å²) in [6, 6.07) is 10.4. The van der Waals surface area contributed by atoms with Gasteiger partial charge in [0.15, 0.2) is 0 Å². The van der Waals surface area contributed by atoms with Crippen molar-refractivity contribution in [3.63, 3.8) is 0 Å². The van der Waals surface area contributed by atoms with Crippen LogP contribution in [0.25, 0.3) is 17.8 Å². The van der Waals surface area contributed by atoms with Crippen LogP contribution in [0.3, 0.4) is 0 Å². The van der Waals surface area contributed by atoms with Gasteiger partial charge in [0.25, 0.3) is 0 Å². The van der Waals surface area contributed by atoms with Gasteiger partial charge in [-0.25, -0.2) is 0 Å². The Balaban J connectivity index is 2.79. The Labute approximate surface area is 109 Å². The minimum Gasteiger partial charge on any atom is -0.310 e. The molecule has 0 saturated carbocycles. The van der Waals surface area contributed by atoms with Crippen LogP contribution in [0.15, 0.2) is 43.0 Å². The summed E-state index contributed by atoms with van der Waals surface area (Å²) in [6.07, 6.45) is 6.17. The maximum absolute atomic E-state index is 3.95. The van der Waals surface area contributed by atoms with Crippen LogP contribution >= 0.6 is 0 Å². The third-order valence-electron chi connectivity index (χ3n) is 3.35. The van der Waals surface area contributed by atoms with Crippen molar-refractivity contribution in [1.29, 1.82) is 0 Å².